The Hall–Kier alpha value is -2.03. The lowest BCUT2D eigenvalue weighted by atomic mass is 10.1. The molecule has 0 aliphatic rings. The van der Waals surface area contributed by atoms with Crippen LogP contribution in [0.5, 0.6) is 0 Å². The highest BCUT2D eigenvalue weighted by Crippen LogP contribution is 2.25. The fraction of sp³-hybridized carbons (Fsp3) is 0.500. The Kier molecular flexibility index (Phi) is 8.82. The van der Waals surface area contributed by atoms with E-state index in [2.05, 4.69) is 10.3 Å². The number of oxazole rings is 1. The number of nitrogens with one attached hydrogen (secondary N) is 1. The van der Waals surface area contributed by atoms with Crippen molar-refractivity contribution in [3.8, 4) is 11.5 Å². The van der Waals surface area contributed by atoms with Gasteiger partial charge in [-0.1, -0.05) is 18.2 Å². The molecule has 8 heteroatoms. The number of carbonyl (C=O) groups excluding carboxylic acids is 1. The molecule has 0 saturated heterocycles. The molecule has 1 atom stereocenters. The minimum absolute atomic E-state index is 0.114. The Morgan fingerprint density at radius 3 is 2.54 bits per heavy atom. The molecule has 0 bridgehead atoms. The van der Waals surface area contributed by atoms with E-state index in [-0.39, 0.29) is 24.0 Å². The molecule has 0 spiro atoms. The number of carbonyl (C=O) groups is 1. The zero-order valence-electron chi connectivity index (χ0n) is 16.8. The van der Waals surface area contributed by atoms with Crippen molar-refractivity contribution in [1.82, 2.24) is 10.3 Å². The lowest BCUT2D eigenvalue weighted by Gasteiger charge is -2.17. The molecular formula is C20H28N2O5S. The van der Waals surface area contributed by atoms with Crippen LogP contribution in [0.3, 0.4) is 0 Å². The average molecular weight is 409 g/mol. The van der Waals surface area contributed by atoms with Gasteiger partial charge in [0, 0.05) is 29.6 Å². The molecule has 0 fully saturated rings. The fourth-order valence-electron chi connectivity index (χ4n) is 2.63. The molecule has 1 N–H and O–H groups in total. The van der Waals surface area contributed by atoms with Crippen molar-refractivity contribution in [3.63, 3.8) is 0 Å². The van der Waals surface area contributed by atoms with Crippen LogP contribution in [0.15, 0.2) is 28.7 Å². The Morgan fingerprint density at radius 2 is 1.89 bits per heavy atom. The molecule has 0 aliphatic carbocycles. The second kappa shape index (κ2) is 11.1. The van der Waals surface area contributed by atoms with Crippen molar-refractivity contribution in [3.05, 3.63) is 41.3 Å². The van der Waals surface area contributed by atoms with E-state index in [0.29, 0.717) is 30.6 Å². The topological polar surface area (TPSA) is 90.7 Å². The summed E-state index contributed by atoms with van der Waals surface area (Å²) in [6.07, 6.45) is -0.498. The van der Waals surface area contributed by atoms with E-state index in [1.165, 1.54) is 0 Å². The summed E-state index contributed by atoms with van der Waals surface area (Å²) in [5.41, 5.74) is 2.55. The van der Waals surface area contributed by atoms with Gasteiger partial charge in [0.25, 0.3) is 0 Å². The van der Waals surface area contributed by atoms with Crippen LogP contribution in [0.1, 0.15) is 30.9 Å². The first-order valence-electron chi connectivity index (χ1n) is 9.31. The number of benzene rings is 1. The predicted molar refractivity (Wildman–Crippen MR) is 108 cm³/mol. The maximum absolute atomic E-state index is 12.4. The quantitative estimate of drug-likeness (QED) is 0.575. The minimum Gasteiger partial charge on any atom is -0.441 e. The Balaban J connectivity index is 1.91. The molecule has 1 heterocycles. The van der Waals surface area contributed by atoms with Crippen LogP contribution in [-0.2, 0) is 30.8 Å². The molecule has 7 nitrogen and oxygen atoms in total. The van der Waals surface area contributed by atoms with Gasteiger partial charge in [-0.2, -0.15) is 0 Å². The van der Waals surface area contributed by atoms with Gasteiger partial charge in [-0.25, -0.2) is 4.98 Å². The maximum Gasteiger partial charge on any atom is 0.232 e. The lowest BCUT2D eigenvalue weighted by molar-refractivity contribution is -0.139. The second-order valence-electron chi connectivity index (χ2n) is 6.21. The van der Waals surface area contributed by atoms with Crippen molar-refractivity contribution in [2.75, 3.05) is 25.5 Å². The normalized spacial score (nSPS) is 12.3. The van der Waals surface area contributed by atoms with Crippen molar-refractivity contribution >= 4 is 16.7 Å². The lowest BCUT2D eigenvalue weighted by Crippen LogP contribution is -2.37. The van der Waals surface area contributed by atoms with Gasteiger partial charge in [0.2, 0.25) is 11.8 Å². The highest BCUT2D eigenvalue weighted by molar-refractivity contribution is 7.84. The summed E-state index contributed by atoms with van der Waals surface area (Å²) in [7, 11) is -1.40. The maximum atomic E-state index is 12.4. The van der Waals surface area contributed by atoms with Gasteiger partial charge < -0.3 is 19.2 Å². The van der Waals surface area contributed by atoms with Crippen LogP contribution < -0.4 is 5.32 Å². The molecule has 0 saturated carbocycles. The number of rotatable bonds is 11. The first-order chi connectivity index (χ1) is 13.4. The zero-order chi connectivity index (χ0) is 20.5. The molecule has 154 valence electrons. The summed E-state index contributed by atoms with van der Waals surface area (Å²) in [4.78, 5) is 16.5. The first-order valence-corrected chi connectivity index (χ1v) is 10.8. The summed E-state index contributed by atoms with van der Waals surface area (Å²) < 4.78 is 28.9. The minimum atomic E-state index is -1.40. The van der Waals surface area contributed by atoms with Crippen molar-refractivity contribution in [1.29, 1.82) is 0 Å². The number of nitrogens with zero attached hydrogens (tertiary/aromatic N) is 1. The summed E-state index contributed by atoms with van der Waals surface area (Å²) in [5.74, 6) is 0.845. The highest BCUT2D eigenvalue weighted by Gasteiger charge is 2.17. The molecule has 2 aromatic rings. The van der Waals surface area contributed by atoms with Crippen LogP contribution in [0.4, 0.5) is 0 Å². The summed E-state index contributed by atoms with van der Waals surface area (Å²) >= 11 is 0. The molecule has 0 aliphatic heterocycles. The molecule has 1 aromatic heterocycles. The van der Waals surface area contributed by atoms with E-state index in [4.69, 9.17) is 13.9 Å². The molecule has 0 unspecified atom stereocenters. The monoisotopic (exact) mass is 408 g/mol. The number of amides is 1. The Labute approximate surface area is 168 Å². The Bertz CT molecular complexity index is 800. The van der Waals surface area contributed by atoms with Crippen molar-refractivity contribution in [2.45, 2.75) is 39.7 Å². The third kappa shape index (κ3) is 6.54. The van der Waals surface area contributed by atoms with Crippen LogP contribution in [0.2, 0.25) is 0 Å². The number of hydrogen-bond donors (Lipinski definition) is 1. The van der Waals surface area contributed by atoms with Gasteiger partial charge in [0.05, 0.1) is 18.0 Å². The standard InChI is InChI=1S/C20H28N2O5S/c1-5-25-19(26-6-2)11-21-18(23)13-28(24)12-17-15(4)27-20(22-17)16-10-8-7-9-14(16)3/h7-10,19H,5-6,11-13H2,1-4H3,(H,21,23)/t28-/m0/s1. The smallest absolute Gasteiger partial charge is 0.232 e. The van der Waals surface area contributed by atoms with Gasteiger partial charge >= 0.3 is 0 Å². The van der Waals surface area contributed by atoms with Gasteiger partial charge in [0.1, 0.15) is 11.5 Å². The van der Waals surface area contributed by atoms with Gasteiger partial charge in [0.15, 0.2) is 6.29 Å². The largest absolute Gasteiger partial charge is 0.441 e. The zero-order valence-corrected chi connectivity index (χ0v) is 17.6. The van der Waals surface area contributed by atoms with Gasteiger partial charge in [-0.3, -0.25) is 9.00 Å². The van der Waals surface area contributed by atoms with Crippen molar-refractivity contribution < 1.29 is 22.9 Å². The second-order valence-corrected chi connectivity index (χ2v) is 7.67. The molecule has 28 heavy (non-hydrogen) atoms. The molecule has 0 radical (unpaired) electrons. The number of ether oxygens (including phenoxy) is 2. The van der Waals surface area contributed by atoms with E-state index in [1.54, 1.807) is 6.92 Å². The summed E-state index contributed by atoms with van der Waals surface area (Å²) in [6.45, 7) is 8.67. The van der Waals surface area contributed by atoms with Crippen LogP contribution in [-0.4, -0.2) is 46.9 Å². The van der Waals surface area contributed by atoms with E-state index < -0.39 is 17.1 Å². The Morgan fingerprint density at radius 1 is 1.21 bits per heavy atom. The number of hydrogen-bond acceptors (Lipinski definition) is 6. The number of aromatic nitrogens is 1. The molecule has 1 aromatic carbocycles. The molecule has 2 rings (SSSR count). The predicted octanol–water partition coefficient (Wildman–Crippen LogP) is 2.72. The summed E-state index contributed by atoms with van der Waals surface area (Å²) in [5, 5.41) is 2.70. The highest BCUT2D eigenvalue weighted by atomic mass is 32.2. The third-order valence-corrected chi connectivity index (χ3v) is 5.21. The van der Waals surface area contributed by atoms with Crippen molar-refractivity contribution in [2.24, 2.45) is 0 Å². The van der Waals surface area contributed by atoms with E-state index in [0.717, 1.165) is 11.1 Å². The summed E-state index contributed by atoms with van der Waals surface area (Å²) in [6, 6.07) is 7.78. The molecular weight excluding hydrogens is 380 g/mol. The van der Waals surface area contributed by atoms with Crippen LogP contribution in [0, 0.1) is 13.8 Å². The fourth-order valence-corrected chi connectivity index (χ4v) is 3.70. The SMILES string of the molecule is CCOC(CNC(=O)C[S@@](=O)Cc1nc(-c2ccccc2C)oc1C)OCC. The van der Waals surface area contributed by atoms with E-state index in [1.807, 2.05) is 45.0 Å². The van der Waals surface area contributed by atoms with Gasteiger partial charge in [-0.05, 0) is 39.3 Å². The van der Waals surface area contributed by atoms with Crippen LogP contribution >= 0.6 is 0 Å². The number of aryl methyl sites for hydroxylation is 2. The van der Waals surface area contributed by atoms with Crippen LogP contribution in [0.25, 0.3) is 11.5 Å². The van der Waals surface area contributed by atoms with Gasteiger partial charge in [-0.15, -0.1) is 0 Å². The third-order valence-electron chi connectivity index (χ3n) is 4.03. The first kappa shape index (κ1) is 22.3. The average Bonchev–Trinajstić information content (AvgIpc) is 3.00. The van der Waals surface area contributed by atoms with E-state index >= 15 is 0 Å². The van der Waals surface area contributed by atoms with E-state index in [9.17, 15) is 9.00 Å². The molecule has 1 amide bonds.